The Kier molecular flexibility index (Phi) is 3.07. The van der Waals surface area contributed by atoms with Gasteiger partial charge in [-0.2, -0.15) is 0 Å². The predicted molar refractivity (Wildman–Crippen MR) is 77.8 cm³/mol. The number of carbonyl (C=O) groups excluding carboxylic acids is 1. The molecule has 1 aromatic rings. The van der Waals surface area contributed by atoms with Gasteiger partial charge in [0.2, 0.25) is 0 Å². The first-order chi connectivity index (χ1) is 10.1. The lowest BCUT2D eigenvalue weighted by Crippen LogP contribution is -2.60. The number of benzene rings is 1. The van der Waals surface area contributed by atoms with E-state index in [0.29, 0.717) is 35.5 Å². The maximum absolute atomic E-state index is 12.1. The minimum absolute atomic E-state index is 0.131. The molecule has 0 aromatic heterocycles. The Labute approximate surface area is 126 Å². The molecule has 2 fully saturated rings. The fourth-order valence-corrected chi connectivity index (χ4v) is 5.49. The fourth-order valence-electron chi connectivity index (χ4n) is 4.91. The van der Waals surface area contributed by atoms with E-state index in [-0.39, 0.29) is 5.41 Å². The first-order valence-corrected chi connectivity index (χ1v) is 8.66. The van der Waals surface area contributed by atoms with Crippen LogP contribution in [0.4, 0.5) is 0 Å². The van der Waals surface area contributed by atoms with Gasteiger partial charge in [0.1, 0.15) is 5.78 Å². The van der Waals surface area contributed by atoms with Crippen molar-refractivity contribution in [2.24, 2.45) is 5.92 Å². The minimum Gasteiger partial charge on any atom is -0.768 e. The standard InChI is InChI=1S/C16H19NO3S/c18-10-4-5-13-14-8-11-12(2-1-3-15(11)21(19)20)16(13,9-10)6-7-17-14/h1-3,13-14,17H,4-9H2,(H,19,20)/p-1/t13-,14+,16+/m0/s1. The minimum atomic E-state index is -2.21. The number of fused-ring (bicyclic) bond motifs is 1. The fraction of sp³-hybridized carbons (Fsp3) is 0.562. The van der Waals surface area contributed by atoms with Gasteiger partial charge >= 0.3 is 0 Å². The van der Waals surface area contributed by atoms with Gasteiger partial charge in [-0.1, -0.05) is 12.1 Å². The van der Waals surface area contributed by atoms with Crippen LogP contribution in [-0.4, -0.2) is 27.1 Å². The molecule has 1 aromatic carbocycles. The van der Waals surface area contributed by atoms with E-state index < -0.39 is 11.1 Å². The lowest BCUT2D eigenvalue weighted by molar-refractivity contribution is -0.125. The summed E-state index contributed by atoms with van der Waals surface area (Å²) in [5, 5.41) is 3.55. The number of Topliss-reactive ketones (excluding diaryl/α,β-unsaturated/α-hetero) is 1. The monoisotopic (exact) mass is 304 g/mol. The third-order valence-electron chi connectivity index (χ3n) is 5.69. The van der Waals surface area contributed by atoms with Crippen LogP contribution in [0.2, 0.25) is 0 Å². The van der Waals surface area contributed by atoms with Crippen LogP contribution in [0.15, 0.2) is 23.1 Å². The van der Waals surface area contributed by atoms with Crippen molar-refractivity contribution in [2.75, 3.05) is 6.54 Å². The van der Waals surface area contributed by atoms with Crippen molar-refractivity contribution in [1.82, 2.24) is 5.32 Å². The van der Waals surface area contributed by atoms with E-state index in [0.717, 1.165) is 36.9 Å². The molecular weight excluding hydrogens is 286 g/mol. The first-order valence-electron chi connectivity index (χ1n) is 7.58. The lowest BCUT2D eigenvalue weighted by atomic mass is 9.52. The number of hydrogen-bond donors (Lipinski definition) is 1. The molecule has 3 aliphatic rings. The zero-order chi connectivity index (χ0) is 14.6. The van der Waals surface area contributed by atoms with Crippen molar-refractivity contribution >= 4 is 16.9 Å². The molecule has 0 amide bonds. The summed E-state index contributed by atoms with van der Waals surface area (Å²) >= 11 is -2.21. The molecular formula is C16H18NO3S-. The van der Waals surface area contributed by atoms with Crippen LogP contribution < -0.4 is 5.32 Å². The molecule has 2 bridgehead atoms. The third-order valence-corrected chi connectivity index (χ3v) is 6.43. The lowest BCUT2D eigenvalue weighted by Gasteiger charge is -2.55. The summed E-state index contributed by atoms with van der Waals surface area (Å²) in [6.45, 7) is 0.915. The molecule has 1 unspecified atom stereocenters. The van der Waals surface area contributed by atoms with Crippen molar-refractivity contribution in [3.05, 3.63) is 29.3 Å². The highest BCUT2D eigenvalue weighted by Crippen LogP contribution is 2.53. The second-order valence-corrected chi connectivity index (χ2v) is 7.46. The van der Waals surface area contributed by atoms with Gasteiger partial charge in [-0.15, -0.1) is 0 Å². The van der Waals surface area contributed by atoms with Crippen LogP contribution in [0.3, 0.4) is 0 Å². The normalized spacial score (nSPS) is 35.8. The van der Waals surface area contributed by atoms with Crippen LogP contribution in [-0.2, 0) is 27.7 Å². The Balaban J connectivity index is 1.94. The molecule has 2 aliphatic carbocycles. The number of ketones is 1. The zero-order valence-electron chi connectivity index (χ0n) is 11.8. The Morgan fingerprint density at radius 3 is 3.05 bits per heavy atom. The van der Waals surface area contributed by atoms with Gasteiger partial charge in [-0.3, -0.25) is 9.00 Å². The molecule has 4 atom stereocenters. The van der Waals surface area contributed by atoms with Crippen molar-refractivity contribution in [1.29, 1.82) is 0 Å². The van der Waals surface area contributed by atoms with E-state index in [1.165, 1.54) is 0 Å². The van der Waals surface area contributed by atoms with E-state index in [2.05, 4.69) is 11.4 Å². The molecule has 0 spiro atoms. The molecule has 1 saturated heterocycles. The van der Waals surface area contributed by atoms with Crippen LogP contribution in [0, 0.1) is 5.92 Å². The Morgan fingerprint density at radius 2 is 2.24 bits per heavy atom. The quantitative estimate of drug-likeness (QED) is 0.797. The molecule has 4 rings (SSSR count). The number of piperidine rings is 1. The van der Waals surface area contributed by atoms with Gasteiger partial charge in [0, 0.05) is 29.2 Å². The molecule has 1 heterocycles. The average Bonchev–Trinajstić information content (AvgIpc) is 2.45. The number of rotatable bonds is 1. The van der Waals surface area contributed by atoms with Gasteiger partial charge in [0.05, 0.1) is 0 Å². The summed E-state index contributed by atoms with van der Waals surface area (Å²) in [6, 6.07) is 5.87. The van der Waals surface area contributed by atoms with E-state index in [1.54, 1.807) is 6.07 Å². The van der Waals surface area contributed by atoms with E-state index >= 15 is 0 Å². The summed E-state index contributed by atoms with van der Waals surface area (Å²) in [6.07, 6.45) is 3.88. The highest BCUT2D eigenvalue weighted by molar-refractivity contribution is 7.79. The molecule has 112 valence electrons. The van der Waals surface area contributed by atoms with Crippen LogP contribution in [0.1, 0.15) is 36.8 Å². The highest BCUT2D eigenvalue weighted by atomic mass is 32.2. The molecule has 1 N–H and O–H groups in total. The summed E-state index contributed by atoms with van der Waals surface area (Å²) in [4.78, 5) is 12.5. The van der Waals surface area contributed by atoms with Crippen molar-refractivity contribution < 1.29 is 13.6 Å². The summed E-state index contributed by atoms with van der Waals surface area (Å²) in [5.74, 6) is 0.792. The van der Waals surface area contributed by atoms with Crippen LogP contribution in [0.5, 0.6) is 0 Å². The van der Waals surface area contributed by atoms with E-state index in [4.69, 9.17) is 0 Å². The van der Waals surface area contributed by atoms with Gasteiger partial charge < -0.3 is 9.87 Å². The largest absolute Gasteiger partial charge is 0.768 e. The van der Waals surface area contributed by atoms with Crippen molar-refractivity contribution in [3.8, 4) is 0 Å². The third kappa shape index (κ3) is 1.87. The predicted octanol–water partition coefficient (Wildman–Crippen LogP) is 1.45. The van der Waals surface area contributed by atoms with Crippen LogP contribution in [0.25, 0.3) is 0 Å². The SMILES string of the molecule is O=C1CC[C@H]2[C@H]3Cc4c(S(=O)[O-])cccc4[C@@]2(CCN3)C1. The smallest absolute Gasteiger partial charge is 0.133 e. The Hall–Kier alpha value is -1.04. The van der Waals surface area contributed by atoms with Crippen LogP contribution >= 0.6 is 0 Å². The van der Waals surface area contributed by atoms with Crippen molar-refractivity contribution in [2.45, 2.75) is 48.5 Å². The highest BCUT2D eigenvalue weighted by Gasteiger charge is 2.53. The van der Waals surface area contributed by atoms with Crippen molar-refractivity contribution in [3.63, 3.8) is 0 Å². The van der Waals surface area contributed by atoms with E-state index in [9.17, 15) is 13.6 Å². The number of hydrogen-bond acceptors (Lipinski definition) is 4. The average molecular weight is 304 g/mol. The molecule has 1 saturated carbocycles. The second-order valence-electron chi connectivity index (χ2n) is 6.55. The first kappa shape index (κ1) is 13.6. The van der Waals surface area contributed by atoms with E-state index in [1.807, 2.05) is 6.07 Å². The molecule has 5 heteroatoms. The molecule has 21 heavy (non-hydrogen) atoms. The maximum atomic E-state index is 12.1. The van der Waals surface area contributed by atoms with Gasteiger partial charge in [0.25, 0.3) is 0 Å². The Bertz CT molecular complexity index is 644. The molecule has 0 radical (unpaired) electrons. The van der Waals surface area contributed by atoms with Gasteiger partial charge in [-0.05, 0) is 60.0 Å². The Morgan fingerprint density at radius 1 is 1.38 bits per heavy atom. The topological polar surface area (TPSA) is 69.2 Å². The maximum Gasteiger partial charge on any atom is 0.133 e. The second kappa shape index (κ2) is 4.73. The molecule has 4 nitrogen and oxygen atoms in total. The summed E-state index contributed by atoms with van der Waals surface area (Å²) in [7, 11) is 0. The number of carbonyl (C=O) groups is 1. The van der Waals surface area contributed by atoms with Gasteiger partial charge in [0.15, 0.2) is 0 Å². The summed E-state index contributed by atoms with van der Waals surface area (Å²) < 4.78 is 23.1. The molecule has 1 aliphatic heterocycles. The zero-order valence-corrected chi connectivity index (χ0v) is 12.6. The number of nitrogens with one attached hydrogen (secondary N) is 1. The summed E-state index contributed by atoms with van der Waals surface area (Å²) in [5.41, 5.74) is 1.93. The van der Waals surface area contributed by atoms with Gasteiger partial charge in [-0.25, -0.2) is 0 Å².